The molecule has 1 atom stereocenters. The van der Waals surface area contributed by atoms with E-state index in [0.717, 1.165) is 0 Å². The third-order valence-electron chi connectivity index (χ3n) is 5.02. The fraction of sp³-hybridized carbons (Fsp3) is 0.333. The molecule has 10 heteroatoms. The molecule has 0 saturated carbocycles. The molecule has 1 N–H and O–H groups in total. The third-order valence-corrected chi connectivity index (χ3v) is 6.11. The van der Waals surface area contributed by atoms with Gasteiger partial charge in [0.25, 0.3) is 11.6 Å². The van der Waals surface area contributed by atoms with Crippen molar-refractivity contribution in [2.24, 2.45) is 5.10 Å². The molecule has 0 spiro atoms. The average Bonchev–Trinajstić information content (AvgIpc) is 3.14. The summed E-state index contributed by atoms with van der Waals surface area (Å²) in [6.07, 6.45) is -5.92. The summed E-state index contributed by atoms with van der Waals surface area (Å²) < 4.78 is 48.8. The van der Waals surface area contributed by atoms with E-state index in [4.69, 9.17) is 4.74 Å². The van der Waals surface area contributed by atoms with Crippen LogP contribution in [0.4, 0.5) is 13.2 Å². The minimum Gasteiger partial charge on any atom is -0.379 e. The second kappa shape index (κ2) is 8.62. The number of morpholine rings is 1. The molecule has 1 saturated heterocycles. The third kappa shape index (κ3) is 4.47. The first kappa shape index (κ1) is 21.8. The van der Waals surface area contributed by atoms with Gasteiger partial charge < -0.3 is 9.84 Å². The van der Waals surface area contributed by atoms with Crippen LogP contribution in [0.15, 0.2) is 64.6 Å². The molecule has 2 aromatic carbocycles. The van der Waals surface area contributed by atoms with E-state index in [1.54, 1.807) is 42.5 Å². The molecular formula is C21H20F3N3O3S. The molecule has 2 heterocycles. The van der Waals surface area contributed by atoms with E-state index in [0.29, 0.717) is 36.8 Å². The van der Waals surface area contributed by atoms with Gasteiger partial charge in [-0.05, 0) is 35.7 Å². The number of alkyl halides is 3. The maximum absolute atomic E-state index is 13.8. The fourth-order valence-electron chi connectivity index (χ4n) is 3.37. The van der Waals surface area contributed by atoms with Crippen LogP contribution in [0.1, 0.15) is 22.3 Å². The summed E-state index contributed by atoms with van der Waals surface area (Å²) in [5, 5.41) is 14.6. The van der Waals surface area contributed by atoms with Crippen molar-refractivity contribution in [3.63, 3.8) is 0 Å². The lowest BCUT2D eigenvalue weighted by Gasteiger charge is -2.32. The lowest BCUT2D eigenvalue weighted by molar-refractivity contribution is -0.297. The van der Waals surface area contributed by atoms with Crippen LogP contribution in [0.3, 0.4) is 0 Å². The number of halogens is 3. The van der Waals surface area contributed by atoms with Crippen molar-refractivity contribution in [2.75, 3.05) is 26.3 Å². The summed E-state index contributed by atoms with van der Waals surface area (Å²) in [6, 6.07) is 14.5. The van der Waals surface area contributed by atoms with Crippen LogP contribution >= 0.6 is 11.9 Å². The zero-order valence-electron chi connectivity index (χ0n) is 16.4. The van der Waals surface area contributed by atoms with Crippen molar-refractivity contribution in [1.29, 1.82) is 0 Å². The molecule has 0 aromatic heterocycles. The van der Waals surface area contributed by atoms with Gasteiger partial charge in [0.2, 0.25) is 0 Å². The Morgan fingerprint density at radius 2 is 1.81 bits per heavy atom. The molecule has 2 aliphatic rings. The SMILES string of the molecule is O=C(c1cccc(SN2CCOCC2)c1)N1N=C(c2ccccc2)CC1(O)C(F)(F)F. The number of benzene rings is 2. The van der Waals surface area contributed by atoms with Crippen LogP contribution in [0, 0.1) is 0 Å². The first-order chi connectivity index (χ1) is 14.8. The van der Waals surface area contributed by atoms with Gasteiger partial charge in [0.05, 0.1) is 25.3 Å². The summed E-state index contributed by atoms with van der Waals surface area (Å²) >= 11 is 1.40. The highest BCUT2D eigenvalue weighted by molar-refractivity contribution is 7.97. The molecule has 31 heavy (non-hydrogen) atoms. The Labute approximate surface area is 181 Å². The Morgan fingerprint density at radius 3 is 2.48 bits per heavy atom. The van der Waals surface area contributed by atoms with E-state index in [9.17, 15) is 23.1 Å². The Hall–Kier alpha value is -2.40. The first-order valence-electron chi connectivity index (χ1n) is 9.65. The monoisotopic (exact) mass is 451 g/mol. The molecule has 6 nitrogen and oxygen atoms in total. The van der Waals surface area contributed by atoms with Crippen molar-refractivity contribution in [3.05, 3.63) is 65.7 Å². The summed E-state index contributed by atoms with van der Waals surface area (Å²) in [5.41, 5.74) is -2.99. The lowest BCUT2D eigenvalue weighted by Crippen LogP contribution is -2.56. The molecule has 1 amide bonds. The van der Waals surface area contributed by atoms with Crippen molar-refractivity contribution < 1.29 is 27.8 Å². The molecule has 0 radical (unpaired) electrons. The topological polar surface area (TPSA) is 65.4 Å². The molecule has 4 rings (SSSR count). The highest BCUT2D eigenvalue weighted by Crippen LogP contribution is 2.42. The van der Waals surface area contributed by atoms with Gasteiger partial charge in [-0.15, -0.1) is 0 Å². The summed E-state index contributed by atoms with van der Waals surface area (Å²) in [7, 11) is 0. The van der Waals surface area contributed by atoms with E-state index in [1.807, 2.05) is 0 Å². The van der Waals surface area contributed by atoms with E-state index >= 15 is 0 Å². The lowest BCUT2D eigenvalue weighted by atomic mass is 10.0. The predicted molar refractivity (Wildman–Crippen MR) is 109 cm³/mol. The van der Waals surface area contributed by atoms with Crippen LogP contribution < -0.4 is 0 Å². The number of ether oxygens (including phenoxy) is 1. The Balaban J connectivity index is 1.63. The number of carbonyl (C=O) groups excluding carboxylic acids is 1. The van der Waals surface area contributed by atoms with E-state index in [1.165, 1.54) is 24.1 Å². The number of aliphatic hydroxyl groups is 1. The zero-order chi connectivity index (χ0) is 22.1. The van der Waals surface area contributed by atoms with E-state index in [2.05, 4.69) is 9.41 Å². The number of hydrazone groups is 1. The molecule has 0 aliphatic carbocycles. The smallest absolute Gasteiger partial charge is 0.379 e. The van der Waals surface area contributed by atoms with Crippen LogP contribution in [0.5, 0.6) is 0 Å². The van der Waals surface area contributed by atoms with Gasteiger partial charge in [0.15, 0.2) is 0 Å². The van der Waals surface area contributed by atoms with Gasteiger partial charge in [-0.25, -0.2) is 4.31 Å². The van der Waals surface area contributed by atoms with Crippen LogP contribution in [-0.4, -0.2) is 64.2 Å². The van der Waals surface area contributed by atoms with E-state index in [-0.39, 0.29) is 16.3 Å². The molecule has 2 aromatic rings. The van der Waals surface area contributed by atoms with Crippen LogP contribution in [0.2, 0.25) is 0 Å². The maximum Gasteiger partial charge on any atom is 0.438 e. The quantitative estimate of drug-likeness (QED) is 0.721. The van der Waals surface area contributed by atoms with Crippen molar-refractivity contribution in [3.8, 4) is 0 Å². The number of amides is 1. The largest absolute Gasteiger partial charge is 0.438 e. The average molecular weight is 451 g/mol. The first-order valence-corrected chi connectivity index (χ1v) is 10.4. The Bertz CT molecular complexity index is 981. The minimum absolute atomic E-state index is 0.00683. The summed E-state index contributed by atoms with van der Waals surface area (Å²) in [6.45, 7) is 2.59. The number of carbonyl (C=O) groups is 1. The number of nitrogens with zero attached hydrogens (tertiary/aromatic N) is 3. The highest BCUT2D eigenvalue weighted by Gasteiger charge is 2.63. The molecule has 1 fully saturated rings. The van der Waals surface area contributed by atoms with Gasteiger partial charge >= 0.3 is 6.18 Å². The minimum atomic E-state index is -5.08. The second-order valence-corrected chi connectivity index (χ2v) is 8.35. The summed E-state index contributed by atoms with van der Waals surface area (Å²) in [4.78, 5) is 13.8. The second-order valence-electron chi connectivity index (χ2n) is 7.18. The van der Waals surface area contributed by atoms with Crippen LogP contribution in [0.25, 0.3) is 0 Å². The predicted octanol–water partition coefficient (Wildman–Crippen LogP) is 3.53. The van der Waals surface area contributed by atoms with Crippen molar-refractivity contribution in [1.82, 2.24) is 9.31 Å². The Morgan fingerprint density at radius 1 is 1.10 bits per heavy atom. The zero-order valence-corrected chi connectivity index (χ0v) is 17.2. The highest BCUT2D eigenvalue weighted by atomic mass is 32.2. The fourth-order valence-corrected chi connectivity index (χ4v) is 4.32. The molecule has 164 valence electrons. The van der Waals surface area contributed by atoms with Crippen molar-refractivity contribution >= 4 is 23.6 Å². The van der Waals surface area contributed by atoms with Gasteiger partial charge in [-0.3, -0.25) is 4.79 Å². The Kier molecular flexibility index (Phi) is 6.07. The number of hydrogen-bond donors (Lipinski definition) is 1. The molecule has 1 unspecified atom stereocenters. The molecule has 2 aliphatic heterocycles. The normalized spacial score (nSPS) is 22.5. The maximum atomic E-state index is 13.8. The van der Waals surface area contributed by atoms with Crippen LogP contribution in [-0.2, 0) is 4.74 Å². The van der Waals surface area contributed by atoms with Gasteiger partial charge in [0.1, 0.15) is 0 Å². The number of rotatable bonds is 4. The van der Waals surface area contributed by atoms with Gasteiger partial charge in [0, 0.05) is 23.5 Å². The van der Waals surface area contributed by atoms with E-state index < -0.39 is 24.2 Å². The van der Waals surface area contributed by atoms with Crippen molar-refractivity contribution in [2.45, 2.75) is 23.2 Å². The molecule has 0 bridgehead atoms. The summed E-state index contributed by atoms with van der Waals surface area (Å²) in [5.74, 6) is -1.02. The number of hydrogen-bond acceptors (Lipinski definition) is 6. The standard InChI is InChI=1S/C21H20F3N3O3S/c22-21(23,24)20(29)14-18(15-5-2-1-3-6-15)25-27(20)19(28)16-7-4-8-17(13-16)31-26-9-11-30-12-10-26/h1-8,13,29H,9-12,14H2. The molecular weight excluding hydrogens is 431 g/mol. The van der Waals surface area contributed by atoms with Gasteiger partial charge in [-0.1, -0.05) is 36.4 Å². The van der Waals surface area contributed by atoms with Gasteiger partial charge in [-0.2, -0.15) is 23.3 Å².